The largest absolute Gasteiger partial charge is 0.318 e. The van der Waals surface area contributed by atoms with E-state index in [2.05, 4.69) is 31.2 Å². The Kier molecular flexibility index (Phi) is 3.28. The third-order valence-corrected chi connectivity index (χ3v) is 3.90. The zero-order chi connectivity index (χ0) is 14.1. The van der Waals surface area contributed by atoms with Crippen LogP contribution in [0.5, 0.6) is 0 Å². The lowest BCUT2D eigenvalue weighted by Crippen LogP contribution is -2.63. The first-order chi connectivity index (χ1) is 9.72. The predicted octanol–water partition coefficient (Wildman–Crippen LogP) is 2.66. The molecule has 0 bridgehead atoms. The van der Waals surface area contributed by atoms with E-state index in [1.54, 1.807) is 4.90 Å². The summed E-state index contributed by atoms with van der Waals surface area (Å²) in [5.41, 5.74) is 9.30. The van der Waals surface area contributed by atoms with Crippen LogP contribution in [-0.4, -0.2) is 11.9 Å². The number of hydrogen-bond donors (Lipinski definition) is 1. The first kappa shape index (κ1) is 12.9. The Bertz CT molecular complexity index is 607. The van der Waals surface area contributed by atoms with Crippen molar-refractivity contribution in [3.63, 3.8) is 0 Å². The lowest BCUT2D eigenvalue weighted by Gasteiger charge is -2.45. The smallest absolute Gasteiger partial charge is 0.247 e. The lowest BCUT2D eigenvalue weighted by molar-refractivity contribution is -0.126. The van der Waals surface area contributed by atoms with E-state index >= 15 is 0 Å². The minimum Gasteiger partial charge on any atom is -0.318 e. The maximum atomic E-state index is 12.1. The quantitative estimate of drug-likeness (QED) is 0.868. The lowest BCUT2D eigenvalue weighted by atomic mass is 9.88. The molecule has 2 N–H and O–H groups in total. The number of aryl methyl sites for hydroxylation is 1. The van der Waals surface area contributed by atoms with E-state index in [0.29, 0.717) is 0 Å². The molecule has 2 aromatic carbocycles. The monoisotopic (exact) mass is 266 g/mol. The van der Waals surface area contributed by atoms with Crippen LogP contribution in [0.2, 0.25) is 0 Å². The average molecular weight is 266 g/mol. The first-order valence-electron chi connectivity index (χ1n) is 6.95. The van der Waals surface area contributed by atoms with Gasteiger partial charge in [-0.25, -0.2) is 0 Å². The molecule has 102 valence electrons. The van der Waals surface area contributed by atoms with Gasteiger partial charge in [0.15, 0.2) is 0 Å². The summed E-state index contributed by atoms with van der Waals surface area (Å²) < 4.78 is 0. The molecule has 1 aliphatic rings. The number of nitrogens with two attached hydrogens (primary N) is 1. The number of carbonyl (C=O) groups excluding carboxylic acids is 1. The van der Waals surface area contributed by atoms with Crippen molar-refractivity contribution in [2.45, 2.75) is 25.4 Å². The summed E-state index contributed by atoms with van der Waals surface area (Å²) in [5.74, 6) is -0.0132. The molecule has 0 saturated carbocycles. The molecule has 20 heavy (non-hydrogen) atoms. The normalized spacial score (nSPS) is 21.7. The van der Waals surface area contributed by atoms with E-state index < -0.39 is 6.04 Å². The van der Waals surface area contributed by atoms with Gasteiger partial charge in [0.2, 0.25) is 5.91 Å². The van der Waals surface area contributed by atoms with Gasteiger partial charge in [-0.15, -0.1) is 0 Å². The summed E-state index contributed by atoms with van der Waals surface area (Å²) in [7, 11) is 0. The maximum absolute atomic E-state index is 12.1. The zero-order valence-corrected chi connectivity index (χ0v) is 11.5. The van der Waals surface area contributed by atoms with E-state index in [1.165, 1.54) is 5.56 Å². The fraction of sp³-hybridized carbons (Fsp3) is 0.235. The van der Waals surface area contributed by atoms with Crippen molar-refractivity contribution in [1.29, 1.82) is 0 Å². The Morgan fingerprint density at radius 3 is 2.30 bits per heavy atom. The van der Waals surface area contributed by atoms with E-state index in [9.17, 15) is 4.79 Å². The number of hydrogen-bond acceptors (Lipinski definition) is 2. The van der Waals surface area contributed by atoms with Crippen LogP contribution in [0.1, 0.15) is 24.1 Å². The Hall–Kier alpha value is -2.13. The predicted molar refractivity (Wildman–Crippen MR) is 80.5 cm³/mol. The third-order valence-electron chi connectivity index (χ3n) is 3.90. The van der Waals surface area contributed by atoms with Crippen LogP contribution >= 0.6 is 0 Å². The van der Waals surface area contributed by atoms with Crippen LogP contribution in [0.25, 0.3) is 0 Å². The molecule has 1 amide bonds. The molecule has 0 aromatic heterocycles. The number of rotatable bonds is 3. The van der Waals surface area contributed by atoms with Crippen molar-refractivity contribution < 1.29 is 4.79 Å². The highest BCUT2D eigenvalue weighted by Gasteiger charge is 2.46. The molecule has 0 spiro atoms. The van der Waals surface area contributed by atoms with Gasteiger partial charge in [-0.1, -0.05) is 49.4 Å². The molecular formula is C17H18N2O. The second kappa shape index (κ2) is 5.10. The van der Waals surface area contributed by atoms with Crippen LogP contribution < -0.4 is 10.6 Å². The van der Waals surface area contributed by atoms with Gasteiger partial charge in [0.1, 0.15) is 6.04 Å². The summed E-state index contributed by atoms with van der Waals surface area (Å²) in [6, 6.07) is 17.6. The molecule has 3 rings (SSSR count). The Labute approximate surface area is 119 Å². The van der Waals surface area contributed by atoms with Gasteiger partial charge < -0.3 is 10.6 Å². The van der Waals surface area contributed by atoms with Crippen molar-refractivity contribution in [3.05, 3.63) is 65.7 Å². The Morgan fingerprint density at radius 1 is 1.05 bits per heavy atom. The van der Waals surface area contributed by atoms with Gasteiger partial charge >= 0.3 is 0 Å². The van der Waals surface area contributed by atoms with Crippen molar-refractivity contribution in [1.82, 2.24) is 0 Å². The van der Waals surface area contributed by atoms with Gasteiger partial charge in [-0.05, 0) is 29.7 Å². The standard InChI is InChI=1S/C17H18N2O/c1-2-12-8-10-13(11-9-12)16-15(18)17(20)19(16)14-6-4-3-5-7-14/h3-11,15-16H,2,18H2,1H3/t15-,16-/m0/s1. The number of para-hydroxylation sites is 1. The van der Waals surface area contributed by atoms with Crippen molar-refractivity contribution in [3.8, 4) is 0 Å². The number of amides is 1. The first-order valence-corrected chi connectivity index (χ1v) is 6.95. The van der Waals surface area contributed by atoms with E-state index in [4.69, 9.17) is 5.73 Å². The highest BCUT2D eigenvalue weighted by atomic mass is 16.2. The summed E-state index contributed by atoms with van der Waals surface area (Å²) in [6.07, 6.45) is 1.01. The Morgan fingerprint density at radius 2 is 1.70 bits per heavy atom. The molecule has 0 unspecified atom stereocenters. The molecule has 0 radical (unpaired) electrons. The second-order valence-corrected chi connectivity index (χ2v) is 5.11. The van der Waals surface area contributed by atoms with Gasteiger partial charge in [0.25, 0.3) is 0 Å². The number of β-lactam (4-membered cyclic amide) rings is 1. The molecule has 1 heterocycles. The van der Waals surface area contributed by atoms with Crippen molar-refractivity contribution in [2.75, 3.05) is 4.90 Å². The van der Waals surface area contributed by atoms with Gasteiger partial charge in [-0.2, -0.15) is 0 Å². The van der Waals surface area contributed by atoms with Crippen molar-refractivity contribution >= 4 is 11.6 Å². The minimum atomic E-state index is -0.442. The van der Waals surface area contributed by atoms with E-state index in [0.717, 1.165) is 17.7 Å². The van der Waals surface area contributed by atoms with Gasteiger partial charge in [0.05, 0.1) is 6.04 Å². The molecule has 1 aliphatic heterocycles. The van der Waals surface area contributed by atoms with Crippen LogP contribution in [0.3, 0.4) is 0 Å². The molecule has 1 saturated heterocycles. The van der Waals surface area contributed by atoms with Crippen LogP contribution in [0.4, 0.5) is 5.69 Å². The van der Waals surface area contributed by atoms with Crippen LogP contribution in [0.15, 0.2) is 54.6 Å². The molecule has 1 fully saturated rings. The number of benzene rings is 2. The highest BCUT2D eigenvalue weighted by Crippen LogP contribution is 2.37. The second-order valence-electron chi connectivity index (χ2n) is 5.11. The number of anilines is 1. The maximum Gasteiger partial charge on any atom is 0.247 e. The topological polar surface area (TPSA) is 46.3 Å². The average Bonchev–Trinajstić information content (AvgIpc) is 2.52. The summed E-state index contributed by atoms with van der Waals surface area (Å²) >= 11 is 0. The SMILES string of the molecule is CCc1ccc([C@H]2[C@H](N)C(=O)N2c2ccccc2)cc1. The third kappa shape index (κ3) is 2.00. The van der Waals surface area contributed by atoms with E-state index in [-0.39, 0.29) is 11.9 Å². The molecule has 2 atom stereocenters. The summed E-state index contributed by atoms with van der Waals surface area (Å²) in [5, 5.41) is 0. The molecule has 3 nitrogen and oxygen atoms in total. The molecule has 3 heteroatoms. The van der Waals surface area contributed by atoms with Crippen molar-refractivity contribution in [2.24, 2.45) is 5.73 Å². The summed E-state index contributed by atoms with van der Waals surface area (Å²) in [4.78, 5) is 13.9. The Balaban J connectivity index is 1.92. The van der Waals surface area contributed by atoms with Gasteiger partial charge in [0, 0.05) is 5.69 Å². The fourth-order valence-corrected chi connectivity index (χ4v) is 2.69. The number of nitrogens with zero attached hydrogens (tertiary/aromatic N) is 1. The molecule has 0 aliphatic carbocycles. The van der Waals surface area contributed by atoms with Crippen LogP contribution in [-0.2, 0) is 11.2 Å². The highest BCUT2D eigenvalue weighted by molar-refractivity contribution is 6.05. The summed E-state index contributed by atoms with van der Waals surface area (Å²) in [6.45, 7) is 2.13. The minimum absolute atomic E-state index is 0.0132. The fourth-order valence-electron chi connectivity index (χ4n) is 2.69. The number of carbonyl (C=O) groups is 1. The molecule has 2 aromatic rings. The van der Waals surface area contributed by atoms with E-state index in [1.807, 2.05) is 30.3 Å². The van der Waals surface area contributed by atoms with Crippen LogP contribution in [0, 0.1) is 0 Å². The molecular weight excluding hydrogens is 248 g/mol. The van der Waals surface area contributed by atoms with Gasteiger partial charge in [-0.3, -0.25) is 4.79 Å². The zero-order valence-electron chi connectivity index (χ0n) is 11.5.